The van der Waals surface area contributed by atoms with Crippen molar-refractivity contribution >= 4 is 31.5 Å². The smallest absolute Gasteiger partial charge is 0.347 e. The molecule has 0 aliphatic carbocycles. The minimum Gasteiger partial charge on any atom is -0.464 e. The molecule has 0 aromatic carbocycles. The second-order valence-corrected chi connectivity index (χ2v) is 4.71. The van der Waals surface area contributed by atoms with E-state index in [9.17, 15) is 9.59 Å². The van der Waals surface area contributed by atoms with Gasteiger partial charge in [0.1, 0.15) is 6.79 Å². The first kappa shape index (κ1) is 21.8. The van der Waals surface area contributed by atoms with Gasteiger partial charge >= 0.3 is 11.9 Å². The van der Waals surface area contributed by atoms with Crippen molar-refractivity contribution in [2.45, 2.75) is 38.3 Å². The zero-order valence-electron chi connectivity index (χ0n) is 13.6. The highest BCUT2D eigenvalue weighted by molar-refractivity contribution is 6.18. The topological polar surface area (TPSA) is 95.8 Å². The minimum atomic E-state index is -1.97. The molecule has 10 heteroatoms. The highest BCUT2D eigenvalue weighted by Crippen LogP contribution is 2.25. The average molecular weight is 349 g/mol. The fraction of sp³-hybridized carbons (Fsp3) is 0.846. The Kier molecular flexibility index (Phi) is 11.6. The van der Waals surface area contributed by atoms with Gasteiger partial charge in [0.25, 0.3) is 13.5 Å². The van der Waals surface area contributed by atoms with Crippen LogP contribution in [0.2, 0.25) is 0 Å². The summed E-state index contributed by atoms with van der Waals surface area (Å²) < 4.78 is 20.0. The minimum absolute atomic E-state index is 0.0294. The summed E-state index contributed by atoms with van der Waals surface area (Å²) in [6, 6.07) is 0. The molecule has 130 valence electrons. The van der Waals surface area contributed by atoms with Crippen molar-refractivity contribution < 1.29 is 28.5 Å². The Hall–Kier alpha value is -1.19. The van der Waals surface area contributed by atoms with Crippen LogP contribution < -0.4 is 0 Å². The number of hydrogen-bond donors (Lipinski definition) is 0. The number of methoxy groups -OCH3 is 1. The van der Waals surface area contributed by atoms with E-state index in [1.807, 2.05) is 0 Å². The highest BCUT2D eigenvalue weighted by atomic mass is 35.5. The first-order chi connectivity index (χ1) is 11.0. The first-order valence-electron chi connectivity index (χ1n) is 7.15. The van der Waals surface area contributed by atoms with E-state index in [4.69, 9.17) is 38.5 Å². The monoisotopic (exact) mass is 348 g/mol. The van der Waals surface area contributed by atoms with Crippen LogP contribution in [0.3, 0.4) is 0 Å². The summed E-state index contributed by atoms with van der Waals surface area (Å²) in [6.07, 6.45) is -0.302. The molecule has 2 radical (unpaired) electrons. The van der Waals surface area contributed by atoms with Crippen LogP contribution >= 0.6 is 11.6 Å². The second-order valence-electron chi connectivity index (χ2n) is 4.40. The molecular formula is C13H22BClN2O6. The van der Waals surface area contributed by atoms with Crippen LogP contribution in [0.5, 0.6) is 0 Å². The van der Waals surface area contributed by atoms with Gasteiger partial charge in [-0.1, -0.05) is 0 Å². The van der Waals surface area contributed by atoms with Crippen LogP contribution in [0.4, 0.5) is 0 Å². The lowest BCUT2D eigenvalue weighted by Crippen LogP contribution is -2.48. The van der Waals surface area contributed by atoms with Crippen LogP contribution in [0, 0.1) is 0 Å². The molecule has 0 bridgehead atoms. The van der Waals surface area contributed by atoms with Gasteiger partial charge in [0.2, 0.25) is 0 Å². The average Bonchev–Trinajstić information content (AvgIpc) is 2.54. The second kappa shape index (κ2) is 12.3. The molecule has 1 atom stereocenters. The number of nitrogens with zero attached hydrogens (tertiary/aromatic N) is 2. The van der Waals surface area contributed by atoms with Crippen molar-refractivity contribution in [1.29, 1.82) is 0 Å². The van der Waals surface area contributed by atoms with Gasteiger partial charge in [-0.2, -0.15) is 5.11 Å². The summed E-state index contributed by atoms with van der Waals surface area (Å²) in [6.45, 7) is 3.38. The number of alkyl halides is 1. The molecule has 0 heterocycles. The largest absolute Gasteiger partial charge is 0.464 e. The molecule has 0 N–H and O–H groups in total. The Morgan fingerprint density at radius 2 is 1.78 bits per heavy atom. The van der Waals surface area contributed by atoms with Crippen molar-refractivity contribution in [2.75, 3.05) is 33.0 Å². The van der Waals surface area contributed by atoms with Gasteiger partial charge in [-0.05, 0) is 26.7 Å². The van der Waals surface area contributed by atoms with Gasteiger partial charge in [0, 0.05) is 13.0 Å². The maximum Gasteiger partial charge on any atom is 0.347 e. The molecule has 0 aromatic rings. The molecule has 0 saturated heterocycles. The molecule has 0 fully saturated rings. The van der Waals surface area contributed by atoms with E-state index in [2.05, 4.69) is 10.1 Å². The number of carbonyl (C=O) groups is 2. The molecule has 23 heavy (non-hydrogen) atoms. The van der Waals surface area contributed by atoms with Crippen molar-refractivity contribution in [2.24, 2.45) is 10.1 Å². The van der Waals surface area contributed by atoms with E-state index < -0.39 is 23.6 Å². The van der Waals surface area contributed by atoms with Crippen molar-refractivity contribution in [3.05, 3.63) is 0 Å². The van der Waals surface area contributed by atoms with Crippen LogP contribution in [-0.4, -0.2) is 64.6 Å². The number of ether oxygens (including phenoxy) is 4. The molecule has 0 aliphatic rings. The van der Waals surface area contributed by atoms with Crippen molar-refractivity contribution in [3.63, 3.8) is 0 Å². The first-order valence-corrected chi connectivity index (χ1v) is 7.68. The zero-order valence-corrected chi connectivity index (χ0v) is 14.4. The Balaban J connectivity index is 5.29. The van der Waals surface area contributed by atoms with Crippen LogP contribution in [0.15, 0.2) is 10.1 Å². The van der Waals surface area contributed by atoms with E-state index in [0.717, 1.165) is 0 Å². The summed E-state index contributed by atoms with van der Waals surface area (Å²) in [5.41, 5.74) is -1.97. The molecule has 8 nitrogen and oxygen atoms in total. The fourth-order valence-corrected chi connectivity index (χ4v) is 2.00. The van der Waals surface area contributed by atoms with E-state index in [1.54, 1.807) is 13.8 Å². The van der Waals surface area contributed by atoms with Gasteiger partial charge < -0.3 is 18.9 Å². The summed E-state index contributed by atoms with van der Waals surface area (Å²) in [4.78, 5) is 24.5. The van der Waals surface area contributed by atoms with Crippen molar-refractivity contribution in [1.82, 2.24) is 0 Å². The lowest BCUT2D eigenvalue weighted by Gasteiger charge is -2.26. The molecule has 0 unspecified atom stereocenters. The Morgan fingerprint density at radius 3 is 2.17 bits per heavy atom. The van der Waals surface area contributed by atoms with E-state index >= 15 is 0 Å². The SMILES string of the molecule is [B]N=NC(CC[C@@H](CCl)OCOC)(C(=O)OCC)C(=O)OCC. The number of rotatable bonds is 12. The standard InChI is InChI=1S/C13H22BClN2O6/c1-4-21-11(18)13(16-17-14,12(19)22-5-2)7-6-10(8-15)23-9-20-3/h10H,4-9H2,1-3H3/t10-/m0/s1. The molecule has 0 saturated carbocycles. The number of hydrogen-bond acceptors (Lipinski definition) is 8. The van der Waals surface area contributed by atoms with Gasteiger partial charge in [-0.15, -0.1) is 11.6 Å². The molecule has 0 spiro atoms. The molecule has 0 aliphatic heterocycles. The summed E-state index contributed by atoms with van der Waals surface area (Å²) in [5.74, 6) is -1.62. The predicted octanol–water partition coefficient (Wildman–Crippen LogP) is 1.40. The molecular weight excluding hydrogens is 326 g/mol. The number of halogens is 1. The van der Waals surface area contributed by atoms with Crippen LogP contribution in [0.1, 0.15) is 26.7 Å². The molecule has 0 amide bonds. The Labute approximate surface area is 142 Å². The van der Waals surface area contributed by atoms with Gasteiger partial charge in [-0.25, -0.2) is 9.59 Å². The summed E-state index contributed by atoms with van der Waals surface area (Å²) in [7, 11) is 6.53. The summed E-state index contributed by atoms with van der Waals surface area (Å²) in [5, 5.41) is 6.71. The van der Waals surface area contributed by atoms with Gasteiger partial charge in [0.15, 0.2) is 0 Å². The summed E-state index contributed by atoms with van der Waals surface area (Å²) >= 11 is 5.80. The highest BCUT2D eigenvalue weighted by Gasteiger charge is 2.49. The predicted molar refractivity (Wildman–Crippen MR) is 83.3 cm³/mol. The number of esters is 2. The fourth-order valence-electron chi connectivity index (χ4n) is 1.76. The van der Waals surface area contributed by atoms with Crippen molar-refractivity contribution in [3.8, 4) is 0 Å². The van der Waals surface area contributed by atoms with E-state index in [1.165, 1.54) is 7.11 Å². The normalized spacial score (nSPS) is 13.0. The van der Waals surface area contributed by atoms with E-state index in [0.29, 0.717) is 0 Å². The zero-order chi connectivity index (χ0) is 17.7. The van der Waals surface area contributed by atoms with Crippen LogP contribution in [-0.2, 0) is 28.5 Å². The maximum absolute atomic E-state index is 12.3. The quantitative estimate of drug-likeness (QED) is 0.132. The van der Waals surface area contributed by atoms with E-state index in [-0.39, 0.29) is 38.7 Å². The third-order valence-electron chi connectivity index (χ3n) is 2.88. The van der Waals surface area contributed by atoms with Gasteiger partial charge in [-0.3, -0.25) is 5.03 Å². The lowest BCUT2D eigenvalue weighted by molar-refractivity contribution is -0.165. The maximum atomic E-state index is 12.3. The Morgan fingerprint density at radius 1 is 1.22 bits per heavy atom. The van der Waals surface area contributed by atoms with Crippen LogP contribution in [0.25, 0.3) is 0 Å². The lowest BCUT2D eigenvalue weighted by atomic mass is 9.93. The third-order valence-corrected chi connectivity index (χ3v) is 3.22. The molecule has 0 rings (SSSR count). The van der Waals surface area contributed by atoms with Gasteiger partial charge in [0.05, 0.1) is 19.3 Å². The molecule has 0 aromatic heterocycles. The number of carbonyl (C=O) groups excluding carboxylic acids is 2. The third kappa shape index (κ3) is 6.84. The Bertz CT molecular complexity index is 379.